The number of amides is 1. The predicted octanol–water partition coefficient (Wildman–Crippen LogP) is 3.63. The number of nitrogens with two attached hydrogens (primary N) is 1. The maximum atomic E-state index is 14.3. The van der Waals surface area contributed by atoms with E-state index in [2.05, 4.69) is 20.2 Å². The lowest BCUT2D eigenvalue weighted by atomic mass is 9.97. The summed E-state index contributed by atoms with van der Waals surface area (Å²) in [5, 5.41) is 9.62. The number of fused-ring (bicyclic) bond motifs is 4. The van der Waals surface area contributed by atoms with E-state index >= 15 is 0 Å². The van der Waals surface area contributed by atoms with Gasteiger partial charge in [-0.05, 0) is 41.3 Å². The summed E-state index contributed by atoms with van der Waals surface area (Å²) in [6.07, 6.45) is 3.59. The number of benzene rings is 2. The Labute approximate surface area is 215 Å². The number of carbonyl (C=O) groups is 1. The first-order chi connectivity index (χ1) is 18.6. The summed E-state index contributed by atoms with van der Waals surface area (Å²) in [6.45, 7) is 0.705. The van der Waals surface area contributed by atoms with Gasteiger partial charge in [-0.15, -0.1) is 5.10 Å². The van der Waals surface area contributed by atoms with Gasteiger partial charge >= 0.3 is 0 Å². The van der Waals surface area contributed by atoms with Crippen LogP contribution in [0.15, 0.2) is 77.5 Å². The minimum atomic E-state index is -0.814. The third-order valence-corrected chi connectivity index (χ3v) is 6.91. The van der Waals surface area contributed by atoms with Crippen molar-refractivity contribution in [2.75, 3.05) is 12.3 Å². The van der Waals surface area contributed by atoms with Gasteiger partial charge in [0.2, 0.25) is 11.8 Å². The van der Waals surface area contributed by atoms with Crippen molar-refractivity contribution in [3.05, 3.63) is 95.6 Å². The van der Waals surface area contributed by atoms with E-state index in [0.29, 0.717) is 53.3 Å². The molecule has 188 valence electrons. The van der Waals surface area contributed by atoms with E-state index in [9.17, 15) is 9.18 Å². The van der Waals surface area contributed by atoms with Gasteiger partial charge in [-0.2, -0.15) is 14.6 Å². The number of hydrogen-bond acceptors (Lipinski definition) is 7. The largest absolute Gasteiger partial charge is 0.461 e. The molecule has 1 aliphatic heterocycles. The molecular formula is C27H21FN8O2. The summed E-state index contributed by atoms with van der Waals surface area (Å²) >= 11 is 0. The van der Waals surface area contributed by atoms with E-state index < -0.39 is 6.04 Å². The summed E-state index contributed by atoms with van der Waals surface area (Å²) in [5.74, 6) is 0.542. The van der Waals surface area contributed by atoms with Crippen LogP contribution in [-0.2, 0) is 17.8 Å². The van der Waals surface area contributed by atoms with E-state index in [0.717, 1.165) is 11.1 Å². The van der Waals surface area contributed by atoms with Crippen molar-refractivity contribution >= 4 is 28.5 Å². The summed E-state index contributed by atoms with van der Waals surface area (Å²) in [6, 6.07) is 17.1. The Morgan fingerprint density at radius 3 is 2.71 bits per heavy atom. The zero-order valence-electron chi connectivity index (χ0n) is 20.0. The highest BCUT2D eigenvalue weighted by Crippen LogP contribution is 2.30. The molecule has 0 radical (unpaired) electrons. The highest BCUT2D eigenvalue weighted by Gasteiger charge is 2.33. The molecule has 38 heavy (non-hydrogen) atoms. The van der Waals surface area contributed by atoms with Crippen molar-refractivity contribution in [1.82, 2.24) is 34.3 Å². The summed E-state index contributed by atoms with van der Waals surface area (Å²) in [7, 11) is 0. The molecule has 1 amide bonds. The van der Waals surface area contributed by atoms with Crippen molar-refractivity contribution in [1.29, 1.82) is 0 Å². The third kappa shape index (κ3) is 3.43. The average Bonchev–Trinajstić information content (AvgIpc) is 3.70. The van der Waals surface area contributed by atoms with Crippen LogP contribution in [0, 0.1) is 5.82 Å². The molecule has 1 aliphatic rings. The minimum absolute atomic E-state index is 0.0983. The molecule has 10 nitrogen and oxygen atoms in total. The maximum Gasteiger partial charge on any atom is 0.252 e. The molecule has 0 spiro atoms. The fraction of sp³-hybridized carbons (Fsp3) is 0.148. The fourth-order valence-corrected chi connectivity index (χ4v) is 5.07. The first kappa shape index (κ1) is 22.2. The molecule has 1 unspecified atom stereocenters. The molecule has 7 rings (SSSR count). The molecular weight excluding hydrogens is 487 g/mol. The van der Waals surface area contributed by atoms with Crippen LogP contribution < -0.4 is 5.73 Å². The third-order valence-electron chi connectivity index (χ3n) is 6.91. The summed E-state index contributed by atoms with van der Waals surface area (Å²) < 4.78 is 22.8. The van der Waals surface area contributed by atoms with Crippen LogP contribution in [0.3, 0.4) is 0 Å². The van der Waals surface area contributed by atoms with Gasteiger partial charge in [0, 0.05) is 13.1 Å². The van der Waals surface area contributed by atoms with Crippen LogP contribution in [-0.4, -0.2) is 46.7 Å². The lowest BCUT2D eigenvalue weighted by Crippen LogP contribution is -2.41. The highest BCUT2D eigenvalue weighted by molar-refractivity contribution is 5.92. The fourth-order valence-electron chi connectivity index (χ4n) is 5.07. The van der Waals surface area contributed by atoms with Crippen LogP contribution in [0.5, 0.6) is 0 Å². The number of furan rings is 1. The Balaban J connectivity index is 1.35. The Morgan fingerprint density at radius 1 is 1.03 bits per heavy atom. The van der Waals surface area contributed by atoms with Crippen LogP contribution in [0.2, 0.25) is 0 Å². The van der Waals surface area contributed by atoms with Gasteiger partial charge in [-0.1, -0.05) is 42.5 Å². The van der Waals surface area contributed by atoms with Gasteiger partial charge in [0.1, 0.15) is 5.82 Å². The van der Waals surface area contributed by atoms with Crippen molar-refractivity contribution in [2.45, 2.75) is 19.0 Å². The highest BCUT2D eigenvalue weighted by atomic mass is 19.1. The number of rotatable bonds is 4. The minimum Gasteiger partial charge on any atom is -0.461 e. The summed E-state index contributed by atoms with van der Waals surface area (Å²) in [5.41, 5.74) is 9.35. The van der Waals surface area contributed by atoms with Crippen LogP contribution in [0.1, 0.15) is 22.7 Å². The van der Waals surface area contributed by atoms with Crippen molar-refractivity contribution in [3.8, 4) is 11.6 Å². The number of anilines is 1. The van der Waals surface area contributed by atoms with Crippen LogP contribution in [0.25, 0.3) is 28.3 Å². The van der Waals surface area contributed by atoms with Gasteiger partial charge in [-0.25, -0.2) is 14.1 Å². The number of nitrogen functional groups attached to an aromatic ring is 1. The molecule has 0 saturated heterocycles. The van der Waals surface area contributed by atoms with Gasteiger partial charge in [0.15, 0.2) is 23.1 Å². The van der Waals surface area contributed by atoms with Crippen molar-refractivity contribution in [3.63, 3.8) is 0 Å². The first-order valence-corrected chi connectivity index (χ1v) is 12.1. The van der Waals surface area contributed by atoms with E-state index in [-0.39, 0.29) is 17.7 Å². The Kier molecular flexibility index (Phi) is 4.96. The predicted molar refractivity (Wildman–Crippen MR) is 136 cm³/mol. The number of carbonyl (C=O) groups excluding carboxylic acids is 1. The molecule has 0 bridgehead atoms. The summed E-state index contributed by atoms with van der Waals surface area (Å²) in [4.78, 5) is 25.0. The van der Waals surface area contributed by atoms with Crippen molar-refractivity contribution in [2.24, 2.45) is 0 Å². The molecule has 0 aliphatic carbocycles. The standard InChI is InChI=1S/C27H21FN8O2/c28-20-9-4-8-17-15-34(12-11-18(17)20)26(37)22(16-6-2-1-3-7-16)35-25-19(14-30-35)24-31-23(21-10-5-13-38-21)33-36(24)27(29)32-25/h1-10,13-14,22H,11-12,15H2,(H2,29,32). The van der Waals surface area contributed by atoms with Crippen LogP contribution in [0.4, 0.5) is 10.3 Å². The normalized spacial score (nSPS) is 14.2. The van der Waals surface area contributed by atoms with E-state index in [4.69, 9.17) is 10.2 Å². The SMILES string of the molecule is Nc1nc2c(cnn2C(C(=O)N2CCc3c(F)cccc3C2)c2ccccc2)c2nc(-c3ccco3)nn12. The van der Waals surface area contributed by atoms with E-state index in [1.54, 1.807) is 40.2 Å². The lowest BCUT2D eigenvalue weighted by Gasteiger charge is -2.32. The smallest absolute Gasteiger partial charge is 0.252 e. The topological polar surface area (TPSA) is 120 Å². The Hall–Kier alpha value is -5.06. The van der Waals surface area contributed by atoms with Gasteiger partial charge in [0.25, 0.3) is 5.91 Å². The molecule has 6 aromatic rings. The quantitative estimate of drug-likeness (QED) is 0.386. The van der Waals surface area contributed by atoms with E-state index in [1.165, 1.54) is 10.6 Å². The first-order valence-electron chi connectivity index (χ1n) is 12.1. The second-order valence-corrected chi connectivity index (χ2v) is 9.15. The van der Waals surface area contributed by atoms with Gasteiger partial charge in [0.05, 0.1) is 17.8 Å². The molecule has 2 aromatic carbocycles. The molecule has 0 fully saturated rings. The number of aromatic nitrogens is 6. The average molecular weight is 509 g/mol. The Morgan fingerprint density at radius 2 is 1.89 bits per heavy atom. The Bertz CT molecular complexity index is 1810. The molecule has 4 aromatic heterocycles. The molecule has 0 saturated carbocycles. The second kappa shape index (κ2) is 8.51. The number of halogens is 1. The zero-order chi connectivity index (χ0) is 25.8. The lowest BCUT2D eigenvalue weighted by molar-refractivity contribution is -0.134. The number of hydrogen-bond donors (Lipinski definition) is 1. The molecule has 5 heterocycles. The maximum absolute atomic E-state index is 14.3. The molecule has 11 heteroatoms. The zero-order valence-corrected chi connectivity index (χ0v) is 20.0. The van der Waals surface area contributed by atoms with Gasteiger partial charge < -0.3 is 15.1 Å². The van der Waals surface area contributed by atoms with Crippen molar-refractivity contribution < 1.29 is 13.6 Å². The van der Waals surface area contributed by atoms with Gasteiger partial charge in [-0.3, -0.25) is 4.79 Å². The second-order valence-electron chi connectivity index (χ2n) is 9.15. The number of nitrogens with zero attached hydrogens (tertiary/aromatic N) is 7. The monoisotopic (exact) mass is 508 g/mol. The van der Waals surface area contributed by atoms with E-state index in [1.807, 2.05) is 36.4 Å². The molecule has 1 atom stereocenters. The molecule has 2 N–H and O–H groups in total. The van der Waals surface area contributed by atoms with Crippen LogP contribution >= 0.6 is 0 Å².